The summed E-state index contributed by atoms with van der Waals surface area (Å²) >= 11 is 0. The van der Waals surface area contributed by atoms with Crippen molar-refractivity contribution in [3.63, 3.8) is 0 Å². The van der Waals surface area contributed by atoms with Crippen LogP contribution in [0, 0.1) is 0 Å². The predicted octanol–water partition coefficient (Wildman–Crippen LogP) is 0.152. The van der Waals surface area contributed by atoms with Crippen LogP contribution in [0.3, 0.4) is 0 Å². The molecular formula is C17H32N2O6. The zero-order chi connectivity index (χ0) is 18.7. The van der Waals surface area contributed by atoms with Crippen LogP contribution in [0.4, 0.5) is 0 Å². The minimum absolute atomic E-state index is 0.00519. The number of esters is 2. The van der Waals surface area contributed by atoms with Crippen LogP contribution in [0.25, 0.3) is 0 Å². The highest BCUT2D eigenvalue weighted by Crippen LogP contribution is 2.07. The number of rotatable bonds is 10. The van der Waals surface area contributed by atoms with E-state index in [4.69, 9.17) is 14.2 Å². The Kier molecular flexibility index (Phi) is 9.96. The molecule has 0 saturated carbocycles. The van der Waals surface area contributed by atoms with E-state index < -0.39 is 5.60 Å². The first-order valence-electron chi connectivity index (χ1n) is 8.69. The normalized spacial score (nSPS) is 16.6. The predicted molar refractivity (Wildman–Crippen MR) is 92.4 cm³/mol. The number of nitrogens with zero attached hydrogens (tertiary/aromatic N) is 2. The first-order chi connectivity index (χ1) is 11.8. The SMILES string of the molecule is COC(=O)COCCN1CCN(CCOCC(=O)OC(C)(C)C)CC1. The Balaban J connectivity index is 2.01. The second-order valence-electron chi connectivity index (χ2n) is 6.95. The zero-order valence-corrected chi connectivity index (χ0v) is 15.9. The fourth-order valence-electron chi connectivity index (χ4n) is 2.36. The van der Waals surface area contributed by atoms with Gasteiger partial charge in [0.25, 0.3) is 0 Å². The molecule has 0 spiro atoms. The van der Waals surface area contributed by atoms with Gasteiger partial charge in [-0.1, -0.05) is 0 Å². The van der Waals surface area contributed by atoms with Gasteiger partial charge in [-0.25, -0.2) is 9.59 Å². The van der Waals surface area contributed by atoms with Crippen molar-refractivity contribution in [1.82, 2.24) is 9.80 Å². The molecule has 0 aromatic heterocycles. The van der Waals surface area contributed by atoms with Crippen molar-refractivity contribution in [3.05, 3.63) is 0 Å². The van der Waals surface area contributed by atoms with Crippen molar-refractivity contribution in [3.8, 4) is 0 Å². The Hall–Kier alpha value is -1.22. The molecule has 1 rings (SSSR count). The Morgan fingerprint density at radius 2 is 1.28 bits per heavy atom. The summed E-state index contributed by atoms with van der Waals surface area (Å²) in [6, 6.07) is 0. The highest BCUT2D eigenvalue weighted by molar-refractivity contribution is 5.71. The lowest BCUT2D eigenvalue weighted by atomic mass is 10.2. The van der Waals surface area contributed by atoms with Crippen molar-refractivity contribution in [2.75, 3.05) is 72.8 Å². The molecule has 0 bridgehead atoms. The van der Waals surface area contributed by atoms with Gasteiger partial charge >= 0.3 is 11.9 Å². The van der Waals surface area contributed by atoms with Gasteiger partial charge in [0.15, 0.2) is 0 Å². The second kappa shape index (κ2) is 11.4. The van der Waals surface area contributed by atoms with Gasteiger partial charge in [0, 0.05) is 39.3 Å². The van der Waals surface area contributed by atoms with Crippen LogP contribution in [-0.2, 0) is 28.5 Å². The monoisotopic (exact) mass is 360 g/mol. The van der Waals surface area contributed by atoms with E-state index >= 15 is 0 Å². The number of carbonyl (C=O) groups excluding carboxylic acids is 2. The van der Waals surface area contributed by atoms with Gasteiger partial charge in [-0.05, 0) is 20.8 Å². The van der Waals surface area contributed by atoms with Gasteiger partial charge in [0.2, 0.25) is 0 Å². The van der Waals surface area contributed by atoms with Gasteiger partial charge in [0.1, 0.15) is 18.8 Å². The fraction of sp³-hybridized carbons (Fsp3) is 0.882. The van der Waals surface area contributed by atoms with Crippen LogP contribution < -0.4 is 0 Å². The van der Waals surface area contributed by atoms with Crippen molar-refractivity contribution in [1.29, 1.82) is 0 Å². The Labute approximate surface area is 150 Å². The molecule has 0 aromatic rings. The Bertz CT molecular complexity index is 402. The largest absolute Gasteiger partial charge is 0.467 e. The maximum atomic E-state index is 11.5. The van der Waals surface area contributed by atoms with E-state index in [0.29, 0.717) is 13.2 Å². The molecule has 0 atom stereocenters. The van der Waals surface area contributed by atoms with Crippen LogP contribution in [0.2, 0.25) is 0 Å². The number of methoxy groups -OCH3 is 1. The van der Waals surface area contributed by atoms with Crippen LogP contribution >= 0.6 is 0 Å². The minimum Gasteiger partial charge on any atom is -0.467 e. The molecule has 1 aliphatic heterocycles. The quantitative estimate of drug-likeness (QED) is 0.403. The summed E-state index contributed by atoms with van der Waals surface area (Å²) in [5.74, 6) is -0.680. The first-order valence-corrected chi connectivity index (χ1v) is 8.69. The zero-order valence-electron chi connectivity index (χ0n) is 15.9. The summed E-state index contributed by atoms with van der Waals surface area (Å²) in [4.78, 5) is 27.1. The summed E-state index contributed by atoms with van der Waals surface area (Å²) in [6.07, 6.45) is 0. The molecule has 0 aliphatic carbocycles. The van der Waals surface area contributed by atoms with E-state index in [1.54, 1.807) is 0 Å². The van der Waals surface area contributed by atoms with E-state index in [0.717, 1.165) is 39.3 Å². The first kappa shape index (κ1) is 21.8. The van der Waals surface area contributed by atoms with Crippen molar-refractivity contribution in [2.24, 2.45) is 0 Å². The lowest BCUT2D eigenvalue weighted by Gasteiger charge is -2.34. The average molecular weight is 360 g/mol. The molecule has 0 aromatic carbocycles. The third kappa shape index (κ3) is 11.1. The highest BCUT2D eigenvalue weighted by Gasteiger charge is 2.18. The van der Waals surface area contributed by atoms with Crippen molar-refractivity contribution < 1.29 is 28.5 Å². The maximum Gasteiger partial charge on any atom is 0.332 e. The Morgan fingerprint density at radius 3 is 1.68 bits per heavy atom. The highest BCUT2D eigenvalue weighted by atomic mass is 16.6. The lowest BCUT2D eigenvalue weighted by Crippen LogP contribution is -2.48. The summed E-state index contributed by atoms with van der Waals surface area (Å²) in [5.41, 5.74) is -0.475. The molecule has 1 heterocycles. The molecule has 1 fully saturated rings. The van der Waals surface area contributed by atoms with E-state index in [2.05, 4.69) is 14.5 Å². The number of hydrogen-bond acceptors (Lipinski definition) is 8. The van der Waals surface area contributed by atoms with E-state index in [1.807, 2.05) is 20.8 Å². The van der Waals surface area contributed by atoms with Gasteiger partial charge < -0.3 is 18.9 Å². The summed E-state index contributed by atoms with van der Waals surface area (Å²) in [7, 11) is 1.35. The average Bonchev–Trinajstić information content (AvgIpc) is 2.55. The van der Waals surface area contributed by atoms with Gasteiger partial charge in [0.05, 0.1) is 20.3 Å². The molecule has 8 heteroatoms. The minimum atomic E-state index is -0.475. The van der Waals surface area contributed by atoms with Crippen LogP contribution in [0.1, 0.15) is 20.8 Å². The Morgan fingerprint density at radius 1 is 0.840 bits per heavy atom. The number of ether oxygens (including phenoxy) is 4. The molecule has 0 unspecified atom stereocenters. The summed E-state index contributed by atoms with van der Waals surface area (Å²) in [5, 5.41) is 0. The molecule has 25 heavy (non-hydrogen) atoms. The lowest BCUT2D eigenvalue weighted by molar-refractivity contribution is -0.160. The van der Waals surface area contributed by atoms with Gasteiger partial charge in [-0.15, -0.1) is 0 Å². The fourth-order valence-corrected chi connectivity index (χ4v) is 2.36. The molecule has 0 amide bonds. The third-order valence-electron chi connectivity index (χ3n) is 3.66. The molecule has 1 aliphatic rings. The van der Waals surface area contributed by atoms with Crippen molar-refractivity contribution >= 4 is 11.9 Å². The van der Waals surface area contributed by atoms with Gasteiger partial charge in [-0.3, -0.25) is 9.80 Å². The second-order valence-corrected chi connectivity index (χ2v) is 6.95. The van der Waals surface area contributed by atoms with Crippen LogP contribution in [0.5, 0.6) is 0 Å². The molecule has 1 saturated heterocycles. The molecule has 8 nitrogen and oxygen atoms in total. The van der Waals surface area contributed by atoms with E-state index in [9.17, 15) is 9.59 Å². The number of carbonyl (C=O) groups is 2. The molecular weight excluding hydrogens is 328 g/mol. The van der Waals surface area contributed by atoms with E-state index in [1.165, 1.54) is 7.11 Å². The van der Waals surface area contributed by atoms with Gasteiger partial charge in [-0.2, -0.15) is 0 Å². The van der Waals surface area contributed by atoms with Crippen LogP contribution in [0.15, 0.2) is 0 Å². The molecule has 146 valence electrons. The number of hydrogen-bond donors (Lipinski definition) is 0. The van der Waals surface area contributed by atoms with Crippen LogP contribution in [-0.4, -0.2) is 100 Å². The van der Waals surface area contributed by atoms with E-state index in [-0.39, 0.29) is 25.2 Å². The smallest absolute Gasteiger partial charge is 0.332 e. The standard InChI is InChI=1S/C17H32N2O6/c1-17(2,3)25-16(21)14-24-12-10-19-7-5-18(6-8-19)9-11-23-13-15(20)22-4/h5-14H2,1-4H3. The topological polar surface area (TPSA) is 77.5 Å². The summed E-state index contributed by atoms with van der Waals surface area (Å²) in [6.45, 7) is 12.0. The summed E-state index contributed by atoms with van der Waals surface area (Å²) < 4.78 is 20.4. The molecule has 0 radical (unpaired) electrons. The molecule has 0 N–H and O–H groups in total. The third-order valence-corrected chi connectivity index (χ3v) is 3.66. The number of piperazine rings is 1. The van der Waals surface area contributed by atoms with Crippen molar-refractivity contribution in [2.45, 2.75) is 26.4 Å². The maximum absolute atomic E-state index is 11.5.